The van der Waals surface area contributed by atoms with Crippen molar-refractivity contribution in [3.8, 4) is 10.7 Å². The number of thiazole rings is 1. The van der Waals surface area contributed by atoms with Gasteiger partial charge in [0.2, 0.25) is 0 Å². The van der Waals surface area contributed by atoms with E-state index < -0.39 is 0 Å². The van der Waals surface area contributed by atoms with Crippen LogP contribution in [0.3, 0.4) is 0 Å². The maximum atomic E-state index is 13.3. The van der Waals surface area contributed by atoms with Crippen LogP contribution in [-0.2, 0) is 0 Å². The highest BCUT2D eigenvalue weighted by molar-refractivity contribution is 7.17. The Morgan fingerprint density at radius 1 is 1.25 bits per heavy atom. The number of carbonyl (C=O) groups excluding carboxylic acids is 1. The number of aromatic nitrogens is 2. The minimum Gasteiger partial charge on any atom is -0.345 e. The standard InChI is InChI=1S/C18H16FN3OS/c1-11(13-6-5-7-14(19)10-13)21-17(23)16-12(2)22-18(24-16)15-8-3-4-9-20-15/h3-11H,1-2H3,(H,21,23)/t11-/m1/s1. The number of rotatable bonds is 4. The van der Waals surface area contributed by atoms with Gasteiger partial charge in [0, 0.05) is 6.20 Å². The van der Waals surface area contributed by atoms with Crippen molar-refractivity contribution in [2.45, 2.75) is 19.9 Å². The Labute approximate surface area is 143 Å². The van der Waals surface area contributed by atoms with Gasteiger partial charge in [0.25, 0.3) is 5.91 Å². The van der Waals surface area contributed by atoms with Crippen LogP contribution in [0.5, 0.6) is 0 Å². The first-order valence-corrected chi connectivity index (χ1v) is 8.31. The highest BCUT2D eigenvalue weighted by Crippen LogP contribution is 2.27. The number of carbonyl (C=O) groups is 1. The number of aryl methyl sites for hydroxylation is 1. The van der Waals surface area contributed by atoms with Crippen LogP contribution in [0.4, 0.5) is 4.39 Å². The van der Waals surface area contributed by atoms with E-state index in [1.165, 1.54) is 23.5 Å². The molecule has 1 atom stereocenters. The normalized spacial score (nSPS) is 12.0. The number of nitrogens with zero attached hydrogens (tertiary/aromatic N) is 2. The van der Waals surface area contributed by atoms with Crippen LogP contribution < -0.4 is 5.32 Å². The molecule has 0 unspecified atom stereocenters. The third-order valence-corrected chi connectivity index (χ3v) is 4.76. The van der Waals surface area contributed by atoms with Crippen molar-refractivity contribution in [3.05, 3.63) is 70.6 Å². The fraction of sp³-hybridized carbons (Fsp3) is 0.167. The monoisotopic (exact) mass is 341 g/mol. The molecule has 24 heavy (non-hydrogen) atoms. The molecule has 6 heteroatoms. The molecule has 1 N–H and O–H groups in total. The zero-order valence-corrected chi connectivity index (χ0v) is 14.1. The van der Waals surface area contributed by atoms with Gasteiger partial charge in [0.05, 0.1) is 17.4 Å². The van der Waals surface area contributed by atoms with Crippen LogP contribution in [-0.4, -0.2) is 15.9 Å². The molecule has 0 radical (unpaired) electrons. The number of hydrogen-bond acceptors (Lipinski definition) is 4. The summed E-state index contributed by atoms with van der Waals surface area (Å²) in [4.78, 5) is 21.8. The molecule has 2 heterocycles. The van der Waals surface area contributed by atoms with E-state index >= 15 is 0 Å². The fourth-order valence-electron chi connectivity index (χ4n) is 2.33. The smallest absolute Gasteiger partial charge is 0.263 e. The van der Waals surface area contributed by atoms with Gasteiger partial charge < -0.3 is 5.32 Å². The second-order valence-corrected chi connectivity index (χ2v) is 6.40. The van der Waals surface area contributed by atoms with E-state index in [9.17, 15) is 9.18 Å². The van der Waals surface area contributed by atoms with Crippen LogP contribution in [0.15, 0.2) is 48.7 Å². The lowest BCUT2D eigenvalue weighted by Gasteiger charge is -2.13. The summed E-state index contributed by atoms with van der Waals surface area (Å²) >= 11 is 1.30. The Balaban J connectivity index is 1.79. The SMILES string of the molecule is Cc1nc(-c2ccccn2)sc1C(=O)N[C@H](C)c1cccc(F)c1. The average Bonchev–Trinajstić information content (AvgIpc) is 2.97. The number of amides is 1. The molecule has 0 aliphatic heterocycles. The van der Waals surface area contributed by atoms with Gasteiger partial charge in [-0.2, -0.15) is 0 Å². The molecule has 0 saturated heterocycles. The second kappa shape index (κ2) is 6.88. The number of pyridine rings is 1. The lowest BCUT2D eigenvalue weighted by molar-refractivity contribution is 0.0943. The van der Waals surface area contributed by atoms with Crippen LogP contribution >= 0.6 is 11.3 Å². The molecule has 0 fully saturated rings. The molecule has 1 amide bonds. The van der Waals surface area contributed by atoms with Crippen molar-refractivity contribution >= 4 is 17.2 Å². The largest absolute Gasteiger partial charge is 0.345 e. The van der Waals surface area contributed by atoms with Gasteiger partial charge in [-0.1, -0.05) is 18.2 Å². The summed E-state index contributed by atoms with van der Waals surface area (Å²) in [5, 5.41) is 3.59. The van der Waals surface area contributed by atoms with Crippen molar-refractivity contribution < 1.29 is 9.18 Å². The molecule has 2 aromatic heterocycles. The minimum absolute atomic E-state index is 0.219. The van der Waals surface area contributed by atoms with E-state index in [0.29, 0.717) is 15.6 Å². The van der Waals surface area contributed by atoms with E-state index in [2.05, 4.69) is 15.3 Å². The summed E-state index contributed by atoms with van der Waals surface area (Å²) < 4.78 is 13.3. The number of halogens is 1. The third-order valence-electron chi connectivity index (χ3n) is 3.58. The number of hydrogen-bond donors (Lipinski definition) is 1. The first-order chi connectivity index (χ1) is 11.5. The first kappa shape index (κ1) is 16.3. The second-order valence-electron chi connectivity index (χ2n) is 5.40. The van der Waals surface area contributed by atoms with E-state index in [-0.39, 0.29) is 17.8 Å². The van der Waals surface area contributed by atoms with Gasteiger partial charge in [-0.25, -0.2) is 9.37 Å². The highest BCUT2D eigenvalue weighted by Gasteiger charge is 2.19. The van der Waals surface area contributed by atoms with Crippen molar-refractivity contribution in [3.63, 3.8) is 0 Å². The lowest BCUT2D eigenvalue weighted by atomic mass is 10.1. The molecule has 1 aromatic carbocycles. The number of benzene rings is 1. The maximum Gasteiger partial charge on any atom is 0.263 e. The summed E-state index contributed by atoms with van der Waals surface area (Å²) in [6.07, 6.45) is 1.69. The summed E-state index contributed by atoms with van der Waals surface area (Å²) in [5.74, 6) is -0.538. The van der Waals surface area contributed by atoms with E-state index in [0.717, 1.165) is 11.3 Å². The molecular formula is C18H16FN3OS. The van der Waals surface area contributed by atoms with Crippen molar-refractivity contribution in [2.24, 2.45) is 0 Å². The Morgan fingerprint density at radius 2 is 2.08 bits per heavy atom. The van der Waals surface area contributed by atoms with E-state index in [1.807, 2.05) is 25.1 Å². The zero-order chi connectivity index (χ0) is 17.1. The number of nitrogens with one attached hydrogen (secondary N) is 1. The van der Waals surface area contributed by atoms with Gasteiger partial charge in [-0.05, 0) is 43.7 Å². The van der Waals surface area contributed by atoms with Crippen molar-refractivity contribution in [1.82, 2.24) is 15.3 Å². The molecule has 0 spiro atoms. The van der Waals surface area contributed by atoms with Crippen LogP contribution in [0.2, 0.25) is 0 Å². The lowest BCUT2D eigenvalue weighted by Crippen LogP contribution is -2.26. The quantitative estimate of drug-likeness (QED) is 0.776. The van der Waals surface area contributed by atoms with Gasteiger partial charge in [0.15, 0.2) is 0 Å². The molecule has 3 aromatic rings. The zero-order valence-electron chi connectivity index (χ0n) is 13.3. The molecule has 0 bridgehead atoms. The first-order valence-electron chi connectivity index (χ1n) is 7.50. The molecule has 3 rings (SSSR count). The minimum atomic E-state index is -0.319. The molecular weight excluding hydrogens is 325 g/mol. The Hall–Kier alpha value is -2.60. The van der Waals surface area contributed by atoms with Gasteiger partial charge in [0.1, 0.15) is 15.7 Å². The van der Waals surface area contributed by atoms with Crippen LogP contribution in [0, 0.1) is 12.7 Å². The molecule has 0 saturated carbocycles. The van der Waals surface area contributed by atoms with Crippen molar-refractivity contribution in [2.75, 3.05) is 0 Å². The van der Waals surface area contributed by atoms with E-state index in [4.69, 9.17) is 0 Å². The topological polar surface area (TPSA) is 54.9 Å². The van der Waals surface area contributed by atoms with Gasteiger partial charge >= 0.3 is 0 Å². The van der Waals surface area contributed by atoms with Crippen LogP contribution in [0.25, 0.3) is 10.7 Å². The molecule has 122 valence electrons. The molecule has 0 aliphatic rings. The highest BCUT2D eigenvalue weighted by atomic mass is 32.1. The van der Waals surface area contributed by atoms with Gasteiger partial charge in [-0.3, -0.25) is 9.78 Å². The van der Waals surface area contributed by atoms with E-state index in [1.54, 1.807) is 25.3 Å². The Kier molecular flexibility index (Phi) is 4.66. The predicted molar refractivity (Wildman–Crippen MR) is 92.4 cm³/mol. The maximum absolute atomic E-state index is 13.3. The molecule has 0 aliphatic carbocycles. The summed E-state index contributed by atoms with van der Waals surface area (Å²) in [6.45, 7) is 3.62. The average molecular weight is 341 g/mol. The van der Waals surface area contributed by atoms with Crippen LogP contribution in [0.1, 0.15) is 33.9 Å². The van der Waals surface area contributed by atoms with Gasteiger partial charge in [-0.15, -0.1) is 11.3 Å². The fourth-order valence-corrected chi connectivity index (χ4v) is 3.27. The molecule has 4 nitrogen and oxygen atoms in total. The Bertz CT molecular complexity index is 864. The summed E-state index contributed by atoms with van der Waals surface area (Å²) in [6, 6.07) is 11.5. The predicted octanol–water partition coefficient (Wildman–Crippen LogP) is 4.14. The van der Waals surface area contributed by atoms with Crippen molar-refractivity contribution in [1.29, 1.82) is 0 Å². The summed E-state index contributed by atoms with van der Waals surface area (Å²) in [5.41, 5.74) is 2.11. The summed E-state index contributed by atoms with van der Waals surface area (Å²) in [7, 11) is 0. The third kappa shape index (κ3) is 3.49. The Morgan fingerprint density at radius 3 is 2.79 bits per heavy atom.